The third-order valence-electron chi connectivity index (χ3n) is 7.48. The fraction of sp³-hybridized carbons (Fsp3) is 0.667. The van der Waals surface area contributed by atoms with Gasteiger partial charge in [0.1, 0.15) is 0 Å². The molecule has 2 aromatic rings. The van der Waals surface area contributed by atoms with Gasteiger partial charge in [-0.05, 0) is 37.7 Å². The van der Waals surface area contributed by atoms with E-state index in [0.29, 0.717) is 31.4 Å². The van der Waals surface area contributed by atoms with E-state index in [0.717, 1.165) is 62.6 Å². The van der Waals surface area contributed by atoms with Crippen LogP contribution in [0.2, 0.25) is 0 Å². The largest absolute Gasteiger partial charge is 0.371 e. The van der Waals surface area contributed by atoms with Crippen molar-refractivity contribution < 1.29 is 13.2 Å². The number of piperidine rings is 1. The lowest BCUT2D eigenvalue weighted by Crippen LogP contribution is -2.55. The number of aromatic nitrogens is 4. The number of sulfonamides is 1. The molecule has 2 fully saturated rings. The molecule has 0 amide bonds. The van der Waals surface area contributed by atoms with Crippen LogP contribution >= 0.6 is 0 Å². The molecule has 190 valence electrons. The van der Waals surface area contributed by atoms with E-state index >= 15 is 0 Å². The average molecular weight is 502 g/mol. The van der Waals surface area contributed by atoms with Crippen LogP contribution in [0.1, 0.15) is 43.5 Å². The summed E-state index contributed by atoms with van der Waals surface area (Å²) in [5.41, 5.74) is 3.01. The number of aryl methyl sites for hydroxylation is 1. The van der Waals surface area contributed by atoms with Crippen LogP contribution in [-0.4, -0.2) is 83.8 Å². The van der Waals surface area contributed by atoms with Crippen molar-refractivity contribution in [1.29, 1.82) is 0 Å². The maximum atomic E-state index is 11.8. The van der Waals surface area contributed by atoms with Crippen molar-refractivity contribution in [2.24, 2.45) is 5.92 Å². The SMILES string of the molecule is CCc1cnc(N2CCC(C(C)OC3CN(c4ncc5c(n4)CCN(S(C)(=O)=O)C5)C3)CC2)nc1. The van der Waals surface area contributed by atoms with Crippen LogP contribution in [0.3, 0.4) is 0 Å². The zero-order chi connectivity index (χ0) is 24.6. The standard InChI is InChI=1S/C24H35N7O3S/c1-4-18-11-25-23(26-12-18)29-8-5-19(6-9-29)17(2)34-21-15-30(16-21)24-27-13-20-14-31(35(3,32)33)10-7-22(20)28-24/h11-13,17,19,21H,4-10,14-16H2,1-3H3. The number of nitrogens with zero attached hydrogens (tertiary/aromatic N) is 7. The zero-order valence-corrected chi connectivity index (χ0v) is 21.6. The summed E-state index contributed by atoms with van der Waals surface area (Å²) in [6, 6.07) is 0. The van der Waals surface area contributed by atoms with E-state index in [2.05, 4.69) is 38.6 Å². The van der Waals surface area contributed by atoms with E-state index in [-0.39, 0.29) is 12.2 Å². The first-order chi connectivity index (χ1) is 16.8. The van der Waals surface area contributed by atoms with Gasteiger partial charge in [0.05, 0.1) is 24.2 Å². The van der Waals surface area contributed by atoms with E-state index in [1.165, 1.54) is 16.1 Å². The Balaban J connectivity index is 1.08. The molecule has 5 heterocycles. The molecule has 0 aliphatic carbocycles. The van der Waals surface area contributed by atoms with Crippen molar-refractivity contribution in [3.05, 3.63) is 35.4 Å². The highest BCUT2D eigenvalue weighted by Gasteiger charge is 2.34. The highest BCUT2D eigenvalue weighted by atomic mass is 32.2. The van der Waals surface area contributed by atoms with E-state index in [9.17, 15) is 8.42 Å². The molecular weight excluding hydrogens is 466 g/mol. The fourth-order valence-electron chi connectivity index (χ4n) is 5.08. The number of fused-ring (bicyclic) bond motifs is 1. The molecule has 0 spiro atoms. The smallest absolute Gasteiger partial charge is 0.225 e. The third-order valence-corrected chi connectivity index (χ3v) is 8.73. The Morgan fingerprint density at radius 2 is 1.71 bits per heavy atom. The van der Waals surface area contributed by atoms with E-state index in [1.54, 1.807) is 6.20 Å². The third kappa shape index (κ3) is 5.41. The second-order valence-electron chi connectivity index (χ2n) is 9.93. The van der Waals surface area contributed by atoms with Gasteiger partial charge in [-0.3, -0.25) is 0 Å². The second-order valence-corrected chi connectivity index (χ2v) is 11.9. The molecule has 0 N–H and O–H groups in total. The lowest BCUT2D eigenvalue weighted by molar-refractivity contribution is -0.0493. The topological polar surface area (TPSA) is 105 Å². The van der Waals surface area contributed by atoms with E-state index in [4.69, 9.17) is 9.72 Å². The molecule has 2 saturated heterocycles. The van der Waals surface area contributed by atoms with Crippen LogP contribution < -0.4 is 9.80 Å². The molecule has 10 nitrogen and oxygen atoms in total. The molecule has 3 aliphatic rings. The second kappa shape index (κ2) is 9.94. The van der Waals surface area contributed by atoms with Gasteiger partial charge in [-0.2, -0.15) is 4.31 Å². The fourth-order valence-corrected chi connectivity index (χ4v) is 5.88. The van der Waals surface area contributed by atoms with E-state index in [1.807, 2.05) is 12.4 Å². The van der Waals surface area contributed by atoms with Gasteiger partial charge in [-0.1, -0.05) is 6.92 Å². The minimum absolute atomic E-state index is 0.188. The monoisotopic (exact) mass is 501 g/mol. The zero-order valence-electron chi connectivity index (χ0n) is 20.8. The van der Waals surface area contributed by atoms with Crippen molar-refractivity contribution in [1.82, 2.24) is 24.2 Å². The molecule has 2 aromatic heterocycles. The number of anilines is 2. The highest BCUT2D eigenvalue weighted by Crippen LogP contribution is 2.28. The summed E-state index contributed by atoms with van der Waals surface area (Å²) in [5, 5.41) is 0. The Morgan fingerprint density at radius 3 is 2.37 bits per heavy atom. The average Bonchev–Trinajstić information content (AvgIpc) is 2.85. The van der Waals surface area contributed by atoms with Crippen molar-refractivity contribution in [3.63, 3.8) is 0 Å². The van der Waals surface area contributed by atoms with Gasteiger partial charge in [0.25, 0.3) is 0 Å². The molecule has 11 heteroatoms. The first-order valence-electron chi connectivity index (χ1n) is 12.6. The van der Waals surface area contributed by atoms with E-state index < -0.39 is 10.0 Å². The van der Waals surface area contributed by atoms with Crippen LogP contribution in [0, 0.1) is 5.92 Å². The minimum atomic E-state index is -3.19. The van der Waals surface area contributed by atoms with Crippen molar-refractivity contribution in [3.8, 4) is 0 Å². The Hall–Kier alpha value is -2.37. The predicted octanol–water partition coefficient (Wildman–Crippen LogP) is 1.66. The molecule has 0 bridgehead atoms. The van der Waals surface area contributed by atoms with Gasteiger partial charge in [0.2, 0.25) is 21.9 Å². The van der Waals surface area contributed by atoms with Gasteiger partial charge >= 0.3 is 0 Å². The minimum Gasteiger partial charge on any atom is -0.371 e. The summed E-state index contributed by atoms with van der Waals surface area (Å²) in [6.45, 7) is 8.62. The van der Waals surface area contributed by atoms with Crippen LogP contribution in [0.15, 0.2) is 18.6 Å². The van der Waals surface area contributed by atoms with Gasteiger partial charge in [-0.25, -0.2) is 28.4 Å². The molecule has 35 heavy (non-hydrogen) atoms. The summed E-state index contributed by atoms with van der Waals surface area (Å²) < 4.78 is 31.5. The quantitative estimate of drug-likeness (QED) is 0.560. The Kier molecular flexibility index (Phi) is 6.91. The summed E-state index contributed by atoms with van der Waals surface area (Å²) in [7, 11) is -3.19. The molecule has 3 aliphatic heterocycles. The van der Waals surface area contributed by atoms with Crippen LogP contribution in [0.25, 0.3) is 0 Å². The molecule has 0 radical (unpaired) electrons. The van der Waals surface area contributed by atoms with Gasteiger partial charge in [0.15, 0.2) is 0 Å². The molecular formula is C24H35N7O3S. The Bertz CT molecular complexity index is 1130. The molecule has 5 rings (SSSR count). The summed E-state index contributed by atoms with van der Waals surface area (Å²) in [5.74, 6) is 2.08. The van der Waals surface area contributed by atoms with Crippen LogP contribution in [0.5, 0.6) is 0 Å². The Labute approximate surface area is 207 Å². The predicted molar refractivity (Wildman–Crippen MR) is 134 cm³/mol. The normalized spacial score (nSPS) is 21.0. The Morgan fingerprint density at radius 1 is 1.03 bits per heavy atom. The summed E-state index contributed by atoms with van der Waals surface area (Å²) >= 11 is 0. The lowest BCUT2D eigenvalue weighted by atomic mass is 9.92. The lowest BCUT2D eigenvalue weighted by Gasteiger charge is -2.42. The van der Waals surface area contributed by atoms with Crippen LogP contribution in [-0.2, 0) is 34.1 Å². The van der Waals surface area contributed by atoms with Crippen molar-refractivity contribution in [2.75, 3.05) is 48.8 Å². The highest BCUT2D eigenvalue weighted by molar-refractivity contribution is 7.88. The number of hydrogen-bond acceptors (Lipinski definition) is 9. The number of ether oxygens (including phenoxy) is 1. The maximum Gasteiger partial charge on any atom is 0.225 e. The first-order valence-corrected chi connectivity index (χ1v) is 14.4. The number of hydrogen-bond donors (Lipinski definition) is 0. The molecule has 1 unspecified atom stereocenters. The van der Waals surface area contributed by atoms with Crippen LogP contribution in [0.4, 0.5) is 11.9 Å². The van der Waals surface area contributed by atoms with Crippen molar-refractivity contribution >= 4 is 21.9 Å². The molecule has 0 saturated carbocycles. The number of rotatable bonds is 7. The summed E-state index contributed by atoms with van der Waals surface area (Å²) in [6.07, 6.45) is 11.0. The van der Waals surface area contributed by atoms with Crippen molar-refractivity contribution in [2.45, 2.75) is 58.3 Å². The van der Waals surface area contributed by atoms with Gasteiger partial charge in [-0.15, -0.1) is 0 Å². The molecule has 0 aromatic carbocycles. The maximum absolute atomic E-state index is 11.8. The van der Waals surface area contributed by atoms with Gasteiger partial charge < -0.3 is 14.5 Å². The summed E-state index contributed by atoms with van der Waals surface area (Å²) in [4.78, 5) is 22.7. The van der Waals surface area contributed by atoms with Gasteiger partial charge in [0, 0.05) is 69.8 Å². The first kappa shape index (κ1) is 24.3. The molecule has 1 atom stereocenters.